The number of piperidine rings is 1. The Bertz CT molecular complexity index is 926. The predicted octanol–water partition coefficient (Wildman–Crippen LogP) is 4.89. The Labute approximate surface area is 176 Å². The first-order valence-corrected chi connectivity index (χ1v) is 12.8. The summed E-state index contributed by atoms with van der Waals surface area (Å²) >= 11 is 2.73. The first-order chi connectivity index (χ1) is 13.4. The summed E-state index contributed by atoms with van der Waals surface area (Å²) in [7, 11) is -0.253. The molecule has 1 aromatic heterocycles. The normalized spacial score (nSPS) is 19.0. The maximum Gasteiger partial charge on any atom is 0.252 e. The van der Waals surface area contributed by atoms with Gasteiger partial charge < -0.3 is 9.62 Å². The molecule has 1 N–H and O–H groups in total. The van der Waals surface area contributed by atoms with Crippen molar-refractivity contribution in [2.75, 3.05) is 36.8 Å². The van der Waals surface area contributed by atoms with Crippen LogP contribution in [0.2, 0.25) is 0 Å². The molecule has 2 aromatic rings. The van der Waals surface area contributed by atoms with Crippen LogP contribution in [-0.2, 0) is 10.0 Å². The number of nitrogens with zero attached hydrogens (tertiary/aromatic N) is 2. The van der Waals surface area contributed by atoms with Gasteiger partial charge in [-0.25, -0.2) is 12.7 Å². The van der Waals surface area contributed by atoms with Gasteiger partial charge in [-0.3, -0.25) is 0 Å². The van der Waals surface area contributed by atoms with Crippen LogP contribution in [0.3, 0.4) is 0 Å². The highest BCUT2D eigenvalue weighted by molar-refractivity contribution is 8.00. The third-order valence-corrected chi connectivity index (χ3v) is 10.2. The van der Waals surface area contributed by atoms with Crippen molar-refractivity contribution >= 4 is 44.7 Å². The highest BCUT2D eigenvalue weighted by atomic mass is 32.2. The maximum atomic E-state index is 12.3. The van der Waals surface area contributed by atoms with Gasteiger partial charge in [-0.2, -0.15) is 0 Å². The van der Waals surface area contributed by atoms with E-state index in [-0.39, 0.29) is 0 Å². The van der Waals surface area contributed by atoms with Crippen LogP contribution in [0.1, 0.15) is 32.1 Å². The average molecular weight is 438 g/mol. The van der Waals surface area contributed by atoms with Crippen molar-refractivity contribution < 1.29 is 8.42 Å². The van der Waals surface area contributed by atoms with E-state index in [2.05, 4.69) is 27.8 Å². The standard InChI is InChI=1S/C20H27N3O2S3/c1-22(2)28(24,25)19-14-16(15-26-19)27-21-17-6-3-4-7-18(17)23-12-10-20(11-13-23)8-5-9-20/h3-4,6-7,14-15,21H,5,8-13H2,1-2H3. The van der Waals surface area contributed by atoms with Crippen LogP contribution in [0.25, 0.3) is 0 Å². The molecule has 1 saturated carbocycles. The van der Waals surface area contributed by atoms with E-state index in [1.165, 1.54) is 65.4 Å². The van der Waals surface area contributed by atoms with E-state index in [1.807, 2.05) is 11.4 Å². The van der Waals surface area contributed by atoms with Crippen molar-refractivity contribution in [3.63, 3.8) is 0 Å². The summed E-state index contributed by atoms with van der Waals surface area (Å²) < 4.78 is 29.6. The maximum absolute atomic E-state index is 12.3. The van der Waals surface area contributed by atoms with Gasteiger partial charge in [0.05, 0.1) is 11.4 Å². The number of thiophene rings is 1. The lowest BCUT2D eigenvalue weighted by molar-refractivity contribution is 0.0955. The second-order valence-electron chi connectivity index (χ2n) is 7.95. The van der Waals surface area contributed by atoms with Crippen LogP contribution in [0.5, 0.6) is 0 Å². The Balaban J connectivity index is 1.43. The number of benzene rings is 1. The van der Waals surface area contributed by atoms with Crippen LogP contribution in [0.4, 0.5) is 11.4 Å². The van der Waals surface area contributed by atoms with E-state index < -0.39 is 10.0 Å². The van der Waals surface area contributed by atoms with Gasteiger partial charge in [-0.05, 0) is 61.2 Å². The minimum absolute atomic E-state index is 0.372. The Morgan fingerprint density at radius 2 is 1.86 bits per heavy atom. The molecule has 0 bridgehead atoms. The molecule has 8 heteroatoms. The molecule has 0 radical (unpaired) electrons. The van der Waals surface area contributed by atoms with Crippen LogP contribution < -0.4 is 9.62 Å². The summed E-state index contributed by atoms with van der Waals surface area (Å²) in [6.07, 6.45) is 6.82. The SMILES string of the molecule is CN(C)S(=O)(=O)c1cc(SNc2ccccc2N2CCC3(CCC3)CC2)cs1. The smallest absolute Gasteiger partial charge is 0.252 e. The molecule has 4 rings (SSSR count). The fraction of sp³-hybridized carbons (Fsp3) is 0.500. The molecule has 1 aliphatic carbocycles. The Kier molecular flexibility index (Phi) is 5.66. The molecule has 1 saturated heterocycles. The summed E-state index contributed by atoms with van der Waals surface area (Å²) in [6.45, 7) is 2.24. The topological polar surface area (TPSA) is 52.7 Å². The van der Waals surface area contributed by atoms with Crippen molar-refractivity contribution in [1.29, 1.82) is 0 Å². The minimum Gasteiger partial charge on any atom is -0.370 e. The number of para-hydroxylation sites is 2. The van der Waals surface area contributed by atoms with Crippen molar-refractivity contribution in [2.45, 2.75) is 41.2 Å². The van der Waals surface area contributed by atoms with Gasteiger partial charge in [0.25, 0.3) is 10.0 Å². The van der Waals surface area contributed by atoms with Gasteiger partial charge in [0.1, 0.15) is 4.21 Å². The van der Waals surface area contributed by atoms with E-state index in [0.29, 0.717) is 9.62 Å². The van der Waals surface area contributed by atoms with E-state index in [9.17, 15) is 8.42 Å². The molecule has 152 valence electrons. The molecule has 1 aliphatic heterocycles. The lowest BCUT2D eigenvalue weighted by Gasteiger charge is -2.48. The van der Waals surface area contributed by atoms with Crippen LogP contribution in [-0.4, -0.2) is 39.9 Å². The van der Waals surface area contributed by atoms with E-state index in [0.717, 1.165) is 23.7 Å². The summed E-state index contributed by atoms with van der Waals surface area (Å²) in [5.74, 6) is 0. The van der Waals surface area contributed by atoms with Crippen molar-refractivity contribution in [3.8, 4) is 0 Å². The second kappa shape index (κ2) is 7.89. The lowest BCUT2D eigenvalue weighted by Crippen LogP contribution is -2.43. The first-order valence-electron chi connectivity index (χ1n) is 9.68. The van der Waals surface area contributed by atoms with Gasteiger partial charge in [-0.1, -0.05) is 18.6 Å². The van der Waals surface area contributed by atoms with Crippen LogP contribution in [0, 0.1) is 5.41 Å². The van der Waals surface area contributed by atoms with Gasteiger partial charge in [0.2, 0.25) is 0 Å². The Morgan fingerprint density at radius 3 is 2.50 bits per heavy atom. The van der Waals surface area contributed by atoms with E-state index in [1.54, 1.807) is 20.2 Å². The summed E-state index contributed by atoms with van der Waals surface area (Å²) in [4.78, 5) is 3.40. The molecule has 2 fully saturated rings. The Morgan fingerprint density at radius 1 is 1.14 bits per heavy atom. The van der Waals surface area contributed by atoms with Crippen molar-refractivity contribution in [3.05, 3.63) is 35.7 Å². The molecule has 5 nitrogen and oxygen atoms in total. The highest BCUT2D eigenvalue weighted by Crippen LogP contribution is 2.49. The fourth-order valence-corrected chi connectivity index (χ4v) is 7.29. The van der Waals surface area contributed by atoms with Gasteiger partial charge in [0, 0.05) is 37.5 Å². The van der Waals surface area contributed by atoms with Crippen molar-refractivity contribution in [1.82, 2.24) is 4.31 Å². The molecular weight excluding hydrogens is 410 g/mol. The Hall–Kier alpha value is -1.22. The third-order valence-electron chi connectivity index (χ3n) is 6.05. The zero-order valence-corrected chi connectivity index (χ0v) is 18.8. The van der Waals surface area contributed by atoms with Crippen LogP contribution >= 0.6 is 23.3 Å². The third kappa shape index (κ3) is 3.92. The molecule has 0 amide bonds. The number of rotatable bonds is 6. The number of sulfonamides is 1. The molecular formula is C20H27N3O2S3. The molecule has 28 heavy (non-hydrogen) atoms. The predicted molar refractivity (Wildman–Crippen MR) is 119 cm³/mol. The molecule has 1 spiro atoms. The average Bonchev–Trinajstić information content (AvgIpc) is 3.15. The summed E-state index contributed by atoms with van der Waals surface area (Å²) in [5, 5.41) is 1.89. The van der Waals surface area contributed by atoms with Gasteiger partial charge in [0.15, 0.2) is 0 Å². The van der Waals surface area contributed by atoms with Crippen LogP contribution in [0.15, 0.2) is 44.8 Å². The zero-order valence-electron chi connectivity index (χ0n) is 16.3. The first kappa shape index (κ1) is 20.1. The minimum atomic E-state index is -3.37. The number of nitrogens with one attached hydrogen (secondary N) is 1. The zero-order chi connectivity index (χ0) is 19.8. The van der Waals surface area contributed by atoms with E-state index in [4.69, 9.17) is 0 Å². The quantitative estimate of drug-likeness (QED) is 0.652. The fourth-order valence-electron chi connectivity index (χ4n) is 4.02. The molecule has 2 heterocycles. The summed E-state index contributed by atoms with van der Waals surface area (Å²) in [6, 6.07) is 10.1. The monoisotopic (exact) mass is 437 g/mol. The number of hydrogen-bond donors (Lipinski definition) is 1. The molecule has 0 atom stereocenters. The summed E-state index contributed by atoms with van der Waals surface area (Å²) in [5.41, 5.74) is 2.96. The van der Waals surface area contributed by atoms with E-state index >= 15 is 0 Å². The molecule has 1 aromatic carbocycles. The van der Waals surface area contributed by atoms with Crippen molar-refractivity contribution in [2.24, 2.45) is 5.41 Å². The largest absolute Gasteiger partial charge is 0.370 e. The number of anilines is 2. The van der Waals surface area contributed by atoms with Gasteiger partial charge in [-0.15, -0.1) is 11.3 Å². The number of hydrogen-bond acceptors (Lipinski definition) is 6. The lowest BCUT2D eigenvalue weighted by atomic mass is 9.63. The molecule has 0 unspecified atom stereocenters. The highest BCUT2D eigenvalue weighted by Gasteiger charge is 2.39. The second-order valence-corrected chi connectivity index (χ2v) is 12.1. The molecule has 2 aliphatic rings. The van der Waals surface area contributed by atoms with Gasteiger partial charge >= 0.3 is 0 Å².